The second-order valence-electron chi connectivity index (χ2n) is 1.24. The van der Waals surface area contributed by atoms with Crippen molar-refractivity contribution in [3.63, 3.8) is 0 Å². The molecular weight excluding hydrogens is 182 g/mol. The van der Waals surface area contributed by atoms with Gasteiger partial charge in [0, 0.05) is 5.82 Å². The van der Waals surface area contributed by atoms with Crippen LogP contribution in [0.15, 0.2) is 12.1 Å². The van der Waals surface area contributed by atoms with E-state index in [-0.39, 0.29) is 0 Å². The molecule has 0 saturated heterocycles. The maximum absolute atomic E-state index is 10.5. The number of ether oxygens (including phenoxy) is 1. The largest absolute Gasteiger partial charge is 0.501 e. The molecule has 0 saturated carbocycles. The number of rotatable bonds is 3. The van der Waals surface area contributed by atoms with Crippen LogP contribution in [0.2, 0.25) is 0 Å². The molecule has 0 atom stereocenters. The summed E-state index contributed by atoms with van der Waals surface area (Å²) in [4.78, 5) is 0. The molecule has 0 aliphatic rings. The van der Waals surface area contributed by atoms with E-state index >= 15 is 0 Å². The van der Waals surface area contributed by atoms with Gasteiger partial charge in [-0.3, -0.25) is 4.57 Å². The lowest BCUT2D eigenvalue weighted by Crippen LogP contribution is -1.74. The molecule has 9 heavy (non-hydrogen) atoms. The van der Waals surface area contributed by atoms with Crippen molar-refractivity contribution in [3.05, 3.63) is 12.1 Å². The van der Waals surface area contributed by atoms with Crippen LogP contribution in [-0.2, 0) is 9.30 Å². The van der Waals surface area contributed by atoms with Gasteiger partial charge in [-0.05, 0) is 29.4 Å². The highest BCUT2D eigenvalue weighted by molar-refractivity contribution is 8.10. The second-order valence-corrected chi connectivity index (χ2v) is 6.08. The molecule has 0 radical (unpaired) electrons. The Balaban J connectivity index is 3.58. The van der Waals surface area contributed by atoms with Gasteiger partial charge in [0.05, 0.1) is 12.9 Å². The minimum atomic E-state index is -3.06. The number of hydrogen-bond donors (Lipinski definition) is 0. The van der Waals surface area contributed by atoms with E-state index in [1.165, 1.54) is 6.26 Å². The Hall–Kier alpha value is 0.350. The summed E-state index contributed by atoms with van der Waals surface area (Å²) in [6.45, 7) is 2.32. The molecule has 0 aromatic carbocycles. The first-order chi connectivity index (χ1) is 4.06. The Morgan fingerprint density at radius 1 is 1.67 bits per heavy atom. The van der Waals surface area contributed by atoms with Crippen LogP contribution in [-0.4, -0.2) is 6.61 Å². The van der Waals surface area contributed by atoms with Crippen LogP contribution in [0, 0.1) is 0 Å². The molecule has 0 bridgehead atoms. The third-order valence-corrected chi connectivity index (χ3v) is 1.64. The van der Waals surface area contributed by atoms with E-state index in [9.17, 15) is 4.57 Å². The van der Waals surface area contributed by atoms with Crippen molar-refractivity contribution in [1.29, 1.82) is 0 Å². The second kappa shape index (κ2) is 4.21. The highest BCUT2D eigenvalue weighted by Crippen LogP contribution is 2.57. The molecule has 0 rings (SSSR count). The Kier molecular flexibility index (Phi) is 4.37. The Bertz CT molecular complexity index is 140. The normalized spacial score (nSPS) is 12.3. The predicted molar refractivity (Wildman–Crippen MR) is 40.1 cm³/mol. The molecule has 0 heterocycles. The molecule has 0 unspecified atom stereocenters. The van der Waals surface area contributed by atoms with Crippen molar-refractivity contribution in [1.82, 2.24) is 0 Å². The SMILES string of the molecule is CCO/C=C/P(=O)(Cl)Cl. The van der Waals surface area contributed by atoms with Gasteiger partial charge in [-0.25, -0.2) is 0 Å². The third kappa shape index (κ3) is 8.35. The average Bonchev–Trinajstić information content (AvgIpc) is 1.63. The Morgan fingerprint density at radius 3 is 2.56 bits per heavy atom. The third-order valence-electron chi connectivity index (χ3n) is 0.497. The van der Waals surface area contributed by atoms with Gasteiger partial charge in [0.15, 0.2) is 0 Å². The number of hydrogen-bond acceptors (Lipinski definition) is 2. The summed E-state index contributed by atoms with van der Waals surface area (Å²) in [5.41, 5.74) is 0. The molecule has 2 nitrogen and oxygen atoms in total. The smallest absolute Gasteiger partial charge is 0.277 e. The Labute approximate surface area is 63.7 Å². The van der Waals surface area contributed by atoms with Crippen molar-refractivity contribution in [2.45, 2.75) is 6.92 Å². The molecule has 0 aliphatic carbocycles. The fourth-order valence-corrected chi connectivity index (χ4v) is 0.714. The van der Waals surface area contributed by atoms with Crippen LogP contribution < -0.4 is 0 Å². The van der Waals surface area contributed by atoms with Crippen molar-refractivity contribution >= 4 is 28.3 Å². The van der Waals surface area contributed by atoms with Gasteiger partial charge in [0.1, 0.15) is 0 Å². The highest BCUT2D eigenvalue weighted by atomic mass is 35.9. The molecule has 0 spiro atoms. The van der Waals surface area contributed by atoms with Crippen molar-refractivity contribution in [3.8, 4) is 0 Å². The van der Waals surface area contributed by atoms with Crippen LogP contribution in [0.4, 0.5) is 0 Å². The highest BCUT2D eigenvalue weighted by Gasteiger charge is 2.05. The molecule has 5 heteroatoms. The number of halogens is 2. The summed E-state index contributed by atoms with van der Waals surface area (Å²) in [7, 11) is 0. The van der Waals surface area contributed by atoms with E-state index < -0.39 is 5.85 Å². The molecule has 0 aliphatic heterocycles. The summed E-state index contributed by atoms with van der Waals surface area (Å²) < 4.78 is 15.1. The lowest BCUT2D eigenvalue weighted by molar-refractivity contribution is 0.270. The van der Waals surface area contributed by atoms with Crippen LogP contribution in [0.5, 0.6) is 0 Å². The first-order valence-corrected chi connectivity index (χ1v) is 5.93. The van der Waals surface area contributed by atoms with Crippen LogP contribution in [0.25, 0.3) is 0 Å². The lowest BCUT2D eigenvalue weighted by atomic mass is 10.9. The van der Waals surface area contributed by atoms with E-state index in [4.69, 9.17) is 22.5 Å². The lowest BCUT2D eigenvalue weighted by Gasteiger charge is -1.92. The van der Waals surface area contributed by atoms with E-state index in [1.54, 1.807) is 6.92 Å². The van der Waals surface area contributed by atoms with Gasteiger partial charge in [-0.15, -0.1) is 0 Å². The fourth-order valence-electron chi connectivity index (χ4n) is 0.210. The summed E-state index contributed by atoms with van der Waals surface area (Å²) in [6.07, 6.45) is 1.24. The van der Waals surface area contributed by atoms with E-state index in [0.717, 1.165) is 5.82 Å². The first-order valence-electron chi connectivity index (χ1n) is 2.34. The minimum absolute atomic E-state index is 0.518. The summed E-state index contributed by atoms with van der Waals surface area (Å²) in [5.74, 6) is -1.92. The zero-order valence-corrected chi connectivity index (χ0v) is 7.29. The van der Waals surface area contributed by atoms with Gasteiger partial charge >= 0.3 is 0 Å². The molecule has 0 aromatic heterocycles. The first kappa shape index (κ1) is 9.35. The zero-order valence-electron chi connectivity index (χ0n) is 4.88. The minimum Gasteiger partial charge on any atom is -0.501 e. The maximum Gasteiger partial charge on any atom is 0.277 e. The zero-order chi connectivity index (χ0) is 7.33. The topological polar surface area (TPSA) is 26.3 Å². The predicted octanol–water partition coefficient (Wildman–Crippen LogP) is 3.16. The van der Waals surface area contributed by atoms with Crippen LogP contribution in [0.3, 0.4) is 0 Å². The molecular formula is C4H7Cl2O2P. The van der Waals surface area contributed by atoms with E-state index in [2.05, 4.69) is 4.74 Å². The molecule has 54 valence electrons. The van der Waals surface area contributed by atoms with Crippen molar-refractivity contribution < 1.29 is 9.30 Å². The standard InChI is InChI=1S/C4H7Cl2O2P/c1-2-8-3-4-9(5,6)7/h3-4H,2H2,1H3/b4-3+. The molecule has 0 aromatic rings. The van der Waals surface area contributed by atoms with Crippen LogP contribution in [0.1, 0.15) is 6.92 Å². The molecule has 0 fully saturated rings. The van der Waals surface area contributed by atoms with E-state index in [1.807, 2.05) is 0 Å². The van der Waals surface area contributed by atoms with Gasteiger partial charge in [-0.1, -0.05) is 0 Å². The summed E-state index contributed by atoms with van der Waals surface area (Å²) in [6, 6.07) is 0. The Morgan fingerprint density at radius 2 is 2.22 bits per heavy atom. The van der Waals surface area contributed by atoms with Gasteiger partial charge in [0.25, 0.3) is 5.85 Å². The van der Waals surface area contributed by atoms with Crippen molar-refractivity contribution in [2.75, 3.05) is 6.61 Å². The van der Waals surface area contributed by atoms with Gasteiger partial charge < -0.3 is 4.74 Å². The summed E-state index contributed by atoms with van der Waals surface area (Å²) in [5, 5.41) is 0. The van der Waals surface area contributed by atoms with Gasteiger partial charge in [-0.2, -0.15) is 0 Å². The van der Waals surface area contributed by atoms with Gasteiger partial charge in [0.2, 0.25) is 0 Å². The summed E-state index contributed by atoms with van der Waals surface area (Å²) >= 11 is 10.2. The fraction of sp³-hybridized carbons (Fsp3) is 0.500. The molecule has 0 amide bonds. The van der Waals surface area contributed by atoms with E-state index in [0.29, 0.717) is 6.61 Å². The van der Waals surface area contributed by atoms with Crippen LogP contribution >= 0.6 is 28.3 Å². The average molecular weight is 189 g/mol. The van der Waals surface area contributed by atoms with Crippen molar-refractivity contribution in [2.24, 2.45) is 0 Å². The quantitative estimate of drug-likeness (QED) is 0.503. The maximum atomic E-state index is 10.5. The molecule has 0 N–H and O–H groups in total. The monoisotopic (exact) mass is 188 g/mol.